The second kappa shape index (κ2) is 3.68. The van der Waals surface area contributed by atoms with E-state index in [2.05, 4.69) is 6.92 Å². The number of hydrogen-bond donors (Lipinski definition) is 0. The smallest absolute Gasteiger partial charge is 0.205 e. The fraction of sp³-hybridized carbons (Fsp3) is 0.385. The maximum atomic E-state index is 12.4. The summed E-state index contributed by atoms with van der Waals surface area (Å²) in [5.74, 6) is 0.426. The second-order valence-corrected chi connectivity index (χ2v) is 6.61. The first-order valence-corrected chi connectivity index (χ1v) is 7.24. The molecule has 1 aliphatic carbocycles. The van der Waals surface area contributed by atoms with Crippen LogP contribution in [-0.2, 0) is 14.6 Å². The van der Waals surface area contributed by atoms with Crippen molar-refractivity contribution >= 4 is 9.84 Å². The predicted octanol–water partition coefficient (Wildman–Crippen LogP) is 2.15. The molecule has 1 saturated heterocycles. The van der Waals surface area contributed by atoms with E-state index in [0.717, 1.165) is 6.42 Å². The number of ether oxygens (including phenoxy) is 1. The van der Waals surface area contributed by atoms with E-state index in [0.29, 0.717) is 15.7 Å². The van der Waals surface area contributed by atoms with E-state index in [1.54, 1.807) is 24.3 Å². The van der Waals surface area contributed by atoms with Crippen molar-refractivity contribution in [2.75, 3.05) is 0 Å². The lowest BCUT2D eigenvalue weighted by Gasteiger charge is -2.14. The summed E-state index contributed by atoms with van der Waals surface area (Å²) in [5.41, 5.74) is 0. The van der Waals surface area contributed by atoms with Gasteiger partial charge in [0.05, 0.1) is 15.9 Å². The van der Waals surface area contributed by atoms with Gasteiger partial charge in [0.25, 0.3) is 0 Å². The fourth-order valence-corrected chi connectivity index (χ4v) is 3.93. The van der Waals surface area contributed by atoms with Crippen molar-refractivity contribution in [2.24, 2.45) is 5.92 Å². The Kier molecular flexibility index (Phi) is 2.38. The number of hydrogen-bond acceptors (Lipinski definition) is 3. The lowest BCUT2D eigenvalue weighted by Crippen LogP contribution is -2.18. The number of rotatable bonds is 2. The third-order valence-electron chi connectivity index (χ3n) is 3.42. The summed E-state index contributed by atoms with van der Waals surface area (Å²) < 4.78 is 30.2. The molecule has 0 amide bonds. The quantitative estimate of drug-likeness (QED) is 0.756. The van der Waals surface area contributed by atoms with Crippen molar-refractivity contribution in [3.05, 3.63) is 41.3 Å². The molecule has 1 fully saturated rings. The van der Waals surface area contributed by atoms with Gasteiger partial charge in [0.15, 0.2) is 0 Å². The highest BCUT2D eigenvalue weighted by Gasteiger charge is 2.51. The van der Waals surface area contributed by atoms with Gasteiger partial charge in [-0.3, -0.25) is 0 Å². The molecule has 2 aliphatic rings. The largest absolute Gasteiger partial charge is 0.363 e. The molecule has 3 atom stereocenters. The van der Waals surface area contributed by atoms with Crippen LogP contribution in [0.4, 0.5) is 0 Å². The minimum Gasteiger partial charge on any atom is -0.363 e. The van der Waals surface area contributed by atoms with Crippen LogP contribution in [0.3, 0.4) is 0 Å². The average Bonchev–Trinajstić information content (AvgIpc) is 3.11. The molecular formula is C13H14O3S. The summed E-state index contributed by atoms with van der Waals surface area (Å²) in [6.45, 7) is 2.09. The van der Waals surface area contributed by atoms with Gasteiger partial charge < -0.3 is 4.74 Å². The number of allylic oxidation sites excluding steroid dienone is 1. The first-order chi connectivity index (χ1) is 8.10. The standard InChI is InChI=1S/C13H14O3S/c1-9-7-8-11(13-12(9)16-13)17(14,15)10-5-3-2-4-6-10/h2-6,8-9,12-13H,7H2,1H3/t9-,12-,13+/m0/s1. The monoisotopic (exact) mass is 250 g/mol. The van der Waals surface area contributed by atoms with E-state index < -0.39 is 9.84 Å². The highest BCUT2D eigenvalue weighted by atomic mass is 32.2. The number of sulfone groups is 1. The maximum Gasteiger partial charge on any atom is 0.205 e. The van der Waals surface area contributed by atoms with Crippen molar-refractivity contribution in [1.82, 2.24) is 0 Å². The molecule has 1 aliphatic heterocycles. The molecule has 1 heterocycles. The normalized spacial score (nSPS) is 31.6. The van der Waals surface area contributed by atoms with E-state index in [1.165, 1.54) is 0 Å². The molecule has 90 valence electrons. The lowest BCUT2D eigenvalue weighted by molar-refractivity contribution is 0.339. The molecule has 0 spiro atoms. The molecule has 3 rings (SSSR count). The first kappa shape index (κ1) is 11.0. The molecule has 0 saturated carbocycles. The minimum atomic E-state index is -3.36. The number of fused-ring (bicyclic) bond motifs is 1. The topological polar surface area (TPSA) is 46.7 Å². The Hall–Kier alpha value is -1.13. The van der Waals surface area contributed by atoms with Gasteiger partial charge in [0.2, 0.25) is 9.84 Å². The molecule has 0 aromatic heterocycles. The third kappa shape index (κ3) is 1.72. The zero-order chi connectivity index (χ0) is 12.0. The van der Waals surface area contributed by atoms with Gasteiger partial charge in [-0.05, 0) is 24.5 Å². The number of benzene rings is 1. The SMILES string of the molecule is C[C@H]1CC=C(S(=O)(=O)c2ccccc2)[C@H]2O[C@H]21. The number of epoxide rings is 1. The molecule has 1 aromatic carbocycles. The minimum absolute atomic E-state index is 0.105. The summed E-state index contributed by atoms with van der Waals surface area (Å²) in [5, 5.41) is 0. The molecule has 17 heavy (non-hydrogen) atoms. The molecule has 1 aromatic rings. The zero-order valence-corrected chi connectivity index (χ0v) is 10.4. The van der Waals surface area contributed by atoms with E-state index in [-0.39, 0.29) is 12.2 Å². The van der Waals surface area contributed by atoms with E-state index in [1.807, 2.05) is 12.1 Å². The Balaban J connectivity index is 2.00. The fourth-order valence-electron chi connectivity index (χ4n) is 2.34. The zero-order valence-electron chi connectivity index (χ0n) is 9.54. The summed E-state index contributed by atoms with van der Waals surface area (Å²) in [6, 6.07) is 8.55. The summed E-state index contributed by atoms with van der Waals surface area (Å²) in [7, 11) is -3.36. The van der Waals surface area contributed by atoms with Crippen LogP contribution in [0.25, 0.3) is 0 Å². The highest BCUT2D eigenvalue weighted by Crippen LogP contribution is 2.44. The van der Waals surface area contributed by atoms with E-state index in [9.17, 15) is 8.42 Å². The van der Waals surface area contributed by atoms with Crippen LogP contribution in [0, 0.1) is 5.92 Å². The van der Waals surface area contributed by atoms with Crippen molar-refractivity contribution in [3.63, 3.8) is 0 Å². The third-order valence-corrected chi connectivity index (χ3v) is 5.33. The van der Waals surface area contributed by atoms with Gasteiger partial charge in [0.1, 0.15) is 6.10 Å². The van der Waals surface area contributed by atoms with E-state index >= 15 is 0 Å². The highest BCUT2D eigenvalue weighted by molar-refractivity contribution is 7.95. The molecule has 4 heteroatoms. The summed E-state index contributed by atoms with van der Waals surface area (Å²) in [4.78, 5) is 0.807. The second-order valence-electron chi connectivity index (χ2n) is 4.66. The Bertz CT molecular complexity index is 560. The molecule has 0 bridgehead atoms. The van der Waals surface area contributed by atoms with Crippen LogP contribution in [0.1, 0.15) is 13.3 Å². The van der Waals surface area contributed by atoms with Gasteiger partial charge in [-0.25, -0.2) is 8.42 Å². The van der Waals surface area contributed by atoms with Gasteiger partial charge in [-0.1, -0.05) is 31.2 Å². The first-order valence-electron chi connectivity index (χ1n) is 5.76. The average molecular weight is 250 g/mol. The van der Waals surface area contributed by atoms with E-state index in [4.69, 9.17) is 4.74 Å². The molecule has 0 unspecified atom stereocenters. The predicted molar refractivity (Wildman–Crippen MR) is 64.2 cm³/mol. The summed E-state index contributed by atoms with van der Waals surface area (Å²) >= 11 is 0. The van der Waals surface area contributed by atoms with Crippen molar-refractivity contribution in [3.8, 4) is 0 Å². The van der Waals surface area contributed by atoms with Gasteiger partial charge >= 0.3 is 0 Å². The van der Waals surface area contributed by atoms with Crippen LogP contribution < -0.4 is 0 Å². The Morgan fingerprint density at radius 3 is 2.65 bits per heavy atom. The van der Waals surface area contributed by atoms with Crippen molar-refractivity contribution in [2.45, 2.75) is 30.4 Å². The van der Waals surface area contributed by atoms with Gasteiger partial charge in [-0.2, -0.15) is 0 Å². The van der Waals surface area contributed by atoms with Crippen LogP contribution >= 0.6 is 0 Å². The molecular weight excluding hydrogens is 236 g/mol. The summed E-state index contributed by atoms with van der Waals surface area (Å²) in [6.07, 6.45) is 2.50. The molecule has 3 nitrogen and oxygen atoms in total. The maximum absolute atomic E-state index is 12.4. The Morgan fingerprint density at radius 1 is 1.24 bits per heavy atom. The van der Waals surface area contributed by atoms with Crippen molar-refractivity contribution < 1.29 is 13.2 Å². The molecule has 0 radical (unpaired) electrons. The van der Waals surface area contributed by atoms with Gasteiger partial charge in [0, 0.05) is 0 Å². The van der Waals surface area contributed by atoms with Crippen LogP contribution in [-0.4, -0.2) is 20.6 Å². The Morgan fingerprint density at radius 2 is 1.94 bits per heavy atom. The lowest BCUT2D eigenvalue weighted by atomic mass is 9.96. The Labute approximate surface area is 101 Å². The van der Waals surface area contributed by atoms with Crippen LogP contribution in [0.15, 0.2) is 46.2 Å². The van der Waals surface area contributed by atoms with Crippen LogP contribution in [0.5, 0.6) is 0 Å². The van der Waals surface area contributed by atoms with Gasteiger partial charge in [-0.15, -0.1) is 0 Å². The molecule has 0 N–H and O–H groups in total. The van der Waals surface area contributed by atoms with Crippen molar-refractivity contribution in [1.29, 1.82) is 0 Å². The van der Waals surface area contributed by atoms with Crippen LogP contribution in [0.2, 0.25) is 0 Å².